The van der Waals surface area contributed by atoms with E-state index in [2.05, 4.69) is 5.32 Å². The van der Waals surface area contributed by atoms with Crippen LogP contribution in [0.3, 0.4) is 0 Å². The van der Waals surface area contributed by atoms with Crippen LogP contribution in [0.2, 0.25) is 5.02 Å². The van der Waals surface area contributed by atoms with Gasteiger partial charge in [0.1, 0.15) is 28.9 Å². The molecule has 0 unspecified atom stereocenters. The SMILES string of the molecule is COc1ccccc1NC(=O)C(C#N)=Cc1ccc(-c2cccc(Cl)c2)o1. The third-order valence-corrected chi connectivity index (χ3v) is 3.98. The third-order valence-electron chi connectivity index (χ3n) is 3.74. The van der Waals surface area contributed by atoms with Gasteiger partial charge in [-0.25, -0.2) is 0 Å². The number of halogens is 1. The largest absolute Gasteiger partial charge is 0.495 e. The minimum absolute atomic E-state index is 0.0899. The van der Waals surface area contributed by atoms with E-state index in [1.165, 1.54) is 13.2 Å². The van der Waals surface area contributed by atoms with Crippen molar-refractivity contribution in [2.24, 2.45) is 0 Å². The first kappa shape index (κ1) is 18.3. The first-order valence-corrected chi connectivity index (χ1v) is 8.40. The van der Waals surface area contributed by atoms with E-state index in [4.69, 9.17) is 20.8 Å². The fraction of sp³-hybridized carbons (Fsp3) is 0.0476. The van der Waals surface area contributed by atoms with Gasteiger partial charge in [0, 0.05) is 16.7 Å². The summed E-state index contributed by atoms with van der Waals surface area (Å²) in [5.41, 5.74) is 1.19. The van der Waals surface area contributed by atoms with Crippen LogP contribution in [-0.4, -0.2) is 13.0 Å². The minimum Gasteiger partial charge on any atom is -0.495 e. The summed E-state index contributed by atoms with van der Waals surface area (Å²) in [6.07, 6.45) is 1.39. The summed E-state index contributed by atoms with van der Waals surface area (Å²) < 4.78 is 10.9. The lowest BCUT2D eigenvalue weighted by molar-refractivity contribution is -0.112. The minimum atomic E-state index is -0.553. The Morgan fingerprint density at radius 1 is 1.19 bits per heavy atom. The molecule has 1 aromatic heterocycles. The molecule has 1 N–H and O–H groups in total. The van der Waals surface area contributed by atoms with E-state index in [0.717, 1.165) is 5.56 Å². The molecule has 6 heteroatoms. The number of carbonyl (C=O) groups is 1. The van der Waals surface area contributed by atoms with Crippen LogP contribution in [0.15, 0.2) is 70.7 Å². The average Bonchev–Trinajstić information content (AvgIpc) is 3.15. The number of para-hydroxylation sites is 2. The Bertz CT molecular complexity index is 1050. The Morgan fingerprint density at radius 2 is 2.00 bits per heavy atom. The van der Waals surface area contributed by atoms with Crippen LogP contribution < -0.4 is 10.1 Å². The van der Waals surface area contributed by atoms with E-state index in [1.54, 1.807) is 48.5 Å². The molecule has 0 saturated carbocycles. The van der Waals surface area contributed by atoms with Gasteiger partial charge in [-0.2, -0.15) is 5.26 Å². The molecule has 1 amide bonds. The van der Waals surface area contributed by atoms with E-state index in [1.807, 2.05) is 18.2 Å². The summed E-state index contributed by atoms with van der Waals surface area (Å²) in [6.45, 7) is 0. The number of nitrogens with one attached hydrogen (secondary N) is 1. The Kier molecular flexibility index (Phi) is 5.60. The van der Waals surface area contributed by atoms with Crippen molar-refractivity contribution in [1.82, 2.24) is 0 Å². The normalized spacial score (nSPS) is 10.9. The van der Waals surface area contributed by atoms with Crippen molar-refractivity contribution >= 4 is 29.3 Å². The lowest BCUT2D eigenvalue weighted by Crippen LogP contribution is -2.14. The molecule has 0 bridgehead atoms. The number of nitrogens with zero attached hydrogens (tertiary/aromatic N) is 1. The second-order valence-electron chi connectivity index (χ2n) is 5.54. The van der Waals surface area contributed by atoms with Crippen LogP contribution in [0.25, 0.3) is 17.4 Å². The van der Waals surface area contributed by atoms with Gasteiger partial charge in [0.25, 0.3) is 5.91 Å². The maximum atomic E-state index is 12.4. The molecule has 0 aliphatic carbocycles. The second-order valence-corrected chi connectivity index (χ2v) is 5.97. The summed E-state index contributed by atoms with van der Waals surface area (Å²) in [7, 11) is 1.51. The van der Waals surface area contributed by atoms with Crippen LogP contribution in [0.5, 0.6) is 5.75 Å². The highest BCUT2D eigenvalue weighted by Crippen LogP contribution is 2.26. The Balaban J connectivity index is 1.82. The first-order valence-electron chi connectivity index (χ1n) is 8.02. The quantitative estimate of drug-likeness (QED) is 0.491. The molecule has 0 radical (unpaired) electrons. The monoisotopic (exact) mass is 378 g/mol. The van der Waals surface area contributed by atoms with Gasteiger partial charge in [-0.3, -0.25) is 4.79 Å². The smallest absolute Gasteiger partial charge is 0.266 e. The van der Waals surface area contributed by atoms with Crippen LogP contribution in [0, 0.1) is 11.3 Å². The summed E-state index contributed by atoms with van der Waals surface area (Å²) >= 11 is 5.99. The van der Waals surface area contributed by atoms with Crippen LogP contribution in [-0.2, 0) is 4.79 Å². The van der Waals surface area contributed by atoms with Crippen molar-refractivity contribution in [2.45, 2.75) is 0 Å². The van der Waals surface area contributed by atoms with Gasteiger partial charge in [-0.05, 0) is 36.4 Å². The fourth-order valence-corrected chi connectivity index (χ4v) is 2.65. The molecule has 2 aromatic carbocycles. The predicted molar refractivity (Wildman–Crippen MR) is 104 cm³/mol. The molecule has 1 heterocycles. The average molecular weight is 379 g/mol. The van der Waals surface area contributed by atoms with Crippen molar-refractivity contribution in [3.63, 3.8) is 0 Å². The highest BCUT2D eigenvalue weighted by atomic mass is 35.5. The van der Waals surface area contributed by atoms with Crippen molar-refractivity contribution in [1.29, 1.82) is 5.26 Å². The van der Waals surface area contributed by atoms with Gasteiger partial charge in [-0.1, -0.05) is 35.9 Å². The fourth-order valence-electron chi connectivity index (χ4n) is 2.46. The number of ether oxygens (including phenoxy) is 1. The molecule has 0 fully saturated rings. The van der Waals surface area contributed by atoms with Crippen LogP contribution in [0.1, 0.15) is 5.76 Å². The molecule has 0 saturated heterocycles. The molecule has 5 nitrogen and oxygen atoms in total. The lowest BCUT2D eigenvalue weighted by Gasteiger charge is -2.08. The maximum Gasteiger partial charge on any atom is 0.266 e. The highest BCUT2D eigenvalue weighted by Gasteiger charge is 2.13. The van der Waals surface area contributed by atoms with Gasteiger partial charge >= 0.3 is 0 Å². The number of hydrogen-bond donors (Lipinski definition) is 1. The number of furan rings is 1. The Hall–Kier alpha value is -3.49. The molecular weight excluding hydrogens is 364 g/mol. The zero-order valence-corrected chi connectivity index (χ0v) is 15.2. The second kappa shape index (κ2) is 8.26. The summed E-state index contributed by atoms with van der Waals surface area (Å²) in [4.78, 5) is 12.4. The van der Waals surface area contributed by atoms with E-state index in [9.17, 15) is 10.1 Å². The van der Waals surface area contributed by atoms with E-state index in [0.29, 0.717) is 28.0 Å². The number of amides is 1. The van der Waals surface area contributed by atoms with Gasteiger partial charge in [0.05, 0.1) is 12.8 Å². The molecule has 3 aromatic rings. The lowest BCUT2D eigenvalue weighted by atomic mass is 10.2. The summed E-state index contributed by atoms with van der Waals surface area (Å²) in [5, 5.41) is 12.6. The Labute approximate surface area is 161 Å². The van der Waals surface area contributed by atoms with Crippen molar-refractivity contribution in [3.05, 3.63) is 77.0 Å². The number of benzene rings is 2. The molecule has 0 spiro atoms. The third kappa shape index (κ3) is 4.38. The standard InChI is InChI=1S/C21H15ClN2O3/c1-26-20-8-3-2-7-18(20)24-21(25)15(13-23)12-17-9-10-19(27-17)14-5-4-6-16(22)11-14/h2-12H,1H3,(H,24,25). The highest BCUT2D eigenvalue weighted by molar-refractivity contribution is 6.30. The zero-order chi connectivity index (χ0) is 19.2. The molecular formula is C21H15ClN2O3. The molecule has 134 valence electrons. The topological polar surface area (TPSA) is 75.3 Å². The number of nitriles is 1. The number of carbonyl (C=O) groups excluding carboxylic acids is 1. The number of rotatable bonds is 5. The van der Waals surface area contributed by atoms with Crippen LogP contribution >= 0.6 is 11.6 Å². The summed E-state index contributed by atoms with van der Waals surface area (Å²) in [5.74, 6) is 0.926. The molecule has 0 aliphatic heterocycles. The van der Waals surface area contributed by atoms with Gasteiger partial charge in [-0.15, -0.1) is 0 Å². The Morgan fingerprint density at radius 3 is 2.74 bits per heavy atom. The van der Waals surface area contributed by atoms with Crippen molar-refractivity contribution in [3.8, 4) is 23.1 Å². The molecule has 27 heavy (non-hydrogen) atoms. The molecule has 3 rings (SSSR count). The molecule has 0 aliphatic rings. The summed E-state index contributed by atoms with van der Waals surface area (Å²) in [6, 6.07) is 19.5. The van der Waals surface area contributed by atoms with Crippen LogP contribution in [0.4, 0.5) is 5.69 Å². The van der Waals surface area contributed by atoms with E-state index in [-0.39, 0.29) is 5.57 Å². The van der Waals surface area contributed by atoms with Crippen molar-refractivity contribution < 1.29 is 13.9 Å². The van der Waals surface area contributed by atoms with E-state index >= 15 is 0 Å². The van der Waals surface area contributed by atoms with E-state index < -0.39 is 5.91 Å². The maximum absolute atomic E-state index is 12.4. The first-order chi connectivity index (χ1) is 13.1. The van der Waals surface area contributed by atoms with Gasteiger partial charge in [0.2, 0.25) is 0 Å². The molecule has 0 atom stereocenters. The number of methoxy groups -OCH3 is 1. The zero-order valence-electron chi connectivity index (χ0n) is 14.4. The number of anilines is 1. The van der Waals surface area contributed by atoms with Gasteiger partial charge < -0.3 is 14.5 Å². The number of hydrogen-bond acceptors (Lipinski definition) is 4. The van der Waals surface area contributed by atoms with Crippen molar-refractivity contribution in [2.75, 3.05) is 12.4 Å². The predicted octanol–water partition coefficient (Wildman–Crippen LogP) is 5.15. The van der Waals surface area contributed by atoms with Gasteiger partial charge in [0.15, 0.2) is 0 Å².